The fourth-order valence-electron chi connectivity index (χ4n) is 1.95. The van der Waals surface area contributed by atoms with Crippen LogP contribution in [0.3, 0.4) is 0 Å². The normalized spacial score (nSPS) is 18.9. The fraction of sp³-hybridized carbons (Fsp3) is 0.308. The lowest BCUT2D eigenvalue weighted by atomic mass is 9.99. The third-order valence-electron chi connectivity index (χ3n) is 2.84. The molecule has 1 aliphatic rings. The van der Waals surface area contributed by atoms with Gasteiger partial charge in [0, 0.05) is 12.5 Å². The Labute approximate surface area is 105 Å². The second-order valence-corrected chi connectivity index (χ2v) is 4.02. The molecule has 1 aromatic carbocycles. The Balaban J connectivity index is 2.29. The molecule has 0 bridgehead atoms. The highest BCUT2D eigenvalue weighted by molar-refractivity contribution is 5.89. The highest BCUT2D eigenvalue weighted by atomic mass is 16.5. The summed E-state index contributed by atoms with van der Waals surface area (Å²) in [6, 6.07) is 5.16. The molecule has 1 aliphatic heterocycles. The van der Waals surface area contributed by atoms with Crippen LogP contribution in [-0.2, 0) is 4.79 Å². The maximum Gasteiger partial charge on any atom is 0.247 e. The first kappa shape index (κ1) is 12.3. The Morgan fingerprint density at radius 2 is 2.00 bits per heavy atom. The summed E-state index contributed by atoms with van der Waals surface area (Å²) in [5.41, 5.74) is 0.862. The third-order valence-corrected chi connectivity index (χ3v) is 2.84. The van der Waals surface area contributed by atoms with E-state index in [1.54, 1.807) is 26.4 Å². The molecule has 0 aromatic heterocycles. The van der Waals surface area contributed by atoms with Crippen molar-refractivity contribution in [2.24, 2.45) is 0 Å². The highest BCUT2D eigenvalue weighted by Gasteiger charge is 2.21. The third kappa shape index (κ3) is 2.40. The van der Waals surface area contributed by atoms with Crippen LogP contribution in [0.15, 0.2) is 30.0 Å². The van der Waals surface area contributed by atoms with Gasteiger partial charge in [0.15, 0.2) is 11.5 Å². The van der Waals surface area contributed by atoms with Crippen molar-refractivity contribution in [3.05, 3.63) is 35.6 Å². The predicted octanol–water partition coefficient (Wildman–Crippen LogP) is 1.71. The van der Waals surface area contributed by atoms with Crippen LogP contribution in [0.2, 0.25) is 0 Å². The van der Waals surface area contributed by atoms with E-state index in [0.29, 0.717) is 17.9 Å². The molecule has 0 saturated carbocycles. The van der Waals surface area contributed by atoms with Crippen molar-refractivity contribution in [2.45, 2.75) is 12.5 Å². The van der Waals surface area contributed by atoms with Crippen LogP contribution in [-0.4, -0.2) is 25.2 Å². The zero-order valence-electron chi connectivity index (χ0n) is 10.3. The molecule has 2 N–H and O–H groups in total. The standard InChI is InChI=1S/C13H15NO4/c1-17-11-4-3-8(5-12(11)18-2)10-6-9(15)7-13(16)14-10/h3-5,7,10,15H,6H2,1-2H3,(H,14,16). The van der Waals surface area contributed by atoms with Crippen LogP contribution in [0.4, 0.5) is 0 Å². The van der Waals surface area contributed by atoms with Crippen LogP contribution in [0.25, 0.3) is 0 Å². The Bertz CT molecular complexity index is 496. The Hall–Kier alpha value is -2.17. The van der Waals surface area contributed by atoms with E-state index in [1.807, 2.05) is 6.07 Å². The molecule has 1 aromatic rings. The van der Waals surface area contributed by atoms with E-state index < -0.39 is 0 Å². The van der Waals surface area contributed by atoms with Gasteiger partial charge in [-0.2, -0.15) is 0 Å². The van der Waals surface area contributed by atoms with E-state index in [1.165, 1.54) is 6.08 Å². The molecule has 18 heavy (non-hydrogen) atoms. The highest BCUT2D eigenvalue weighted by Crippen LogP contribution is 2.32. The van der Waals surface area contributed by atoms with E-state index in [2.05, 4.69) is 5.32 Å². The maximum atomic E-state index is 11.3. The van der Waals surface area contributed by atoms with Crippen LogP contribution in [0, 0.1) is 0 Å². The maximum absolute atomic E-state index is 11.3. The SMILES string of the molecule is COc1ccc(C2CC(O)=CC(=O)N2)cc1OC. The first-order valence-electron chi connectivity index (χ1n) is 5.56. The molecule has 0 aliphatic carbocycles. The van der Waals surface area contributed by atoms with Crippen molar-refractivity contribution in [3.8, 4) is 11.5 Å². The van der Waals surface area contributed by atoms with Crippen LogP contribution in [0.1, 0.15) is 18.0 Å². The van der Waals surface area contributed by atoms with E-state index in [-0.39, 0.29) is 17.7 Å². The first-order chi connectivity index (χ1) is 8.63. The van der Waals surface area contributed by atoms with Gasteiger partial charge in [-0.1, -0.05) is 6.07 Å². The van der Waals surface area contributed by atoms with E-state index >= 15 is 0 Å². The first-order valence-corrected chi connectivity index (χ1v) is 5.56. The molecule has 0 radical (unpaired) electrons. The predicted molar refractivity (Wildman–Crippen MR) is 65.8 cm³/mol. The smallest absolute Gasteiger partial charge is 0.247 e. The monoisotopic (exact) mass is 249 g/mol. The second-order valence-electron chi connectivity index (χ2n) is 4.02. The molecule has 2 rings (SSSR count). The topological polar surface area (TPSA) is 67.8 Å². The summed E-state index contributed by atoms with van der Waals surface area (Å²) in [6.07, 6.45) is 1.57. The van der Waals surface area contributed by atoms with Gasteiger partial charge in [-0.15, -0.1) is 0 Å². The van der Waals surface area contributed by atoms with Gasteiger partial charge in [0.25, 0.3) is 0 Å². The van der Waals surface area contributed by atoms with Gasteiger partial charge in [-0.3, -0.25) is 4.79 Å². The number of nitrogens with one attached hydrogen (secondary N) is 1. The molecule has 1 heterocycles. The number of carbonyl (C=O) groups is 1. The number of carbonyl (C=O) groups excluding carboxylic acids is 1. The minimum atomic E-state index is -0.293. The molecule has 5 nitrogen and oxygen atoms in total. The molecule has 1 amide bonds. The summed E-state index contributed by atoms with van der Waals surface area (Å²) < 4.78 is 10.4. The number of hydrogen-bond donors (Lipinski definition) is 2. The van der Waals surface area contributed by atoms with Gasteiger partial charge >= 0.3 is 0 Å². The largest absolute Gasteiger partial charge is 0.512 e. The van der Waals surface area contributed by atoms with E-state index in [4.69, 9.17) is 9.47 Å². The van der Waals surface area contributed by atoms with Crippen molar-refractivity contribution < 1.29 is 19.4 Å². The number of hydrogen-bond acceptors (Lipinski definition) is 4. The number of amides is 1. The fourth-order valence-corrected chi connectivity index (χ4v) is 1.95. The van der Waals surface area contributed by atoms with Gasteiger partial charge in [-0.05, 0) is 17.7 Å². The number of benzene rings is 1. The van der Waals surface area contributed by atoms with Crippen molar-refractivity contribution in [3.63, 3.8) is 0 Å². The summed E-state index contributed by atoms with van der Waals surface area (Å²) in [6.45, 7) is 0. The Morgan fingerprint density at radius 3 is 2.61 bits per heavy atom. The Morgan fingerprint density at radius 1 is 1.28 bits per heavy atom. The number of rotatable bonds is 3. The van der Waals surface area contributed by atoms with Gasteiger partial charge < -0.3 is 19.9 Å². The molecular weight excluding hydrogens is 234 g/mol. The quantitative estimate of drug-likeness (QED) is 0.855. The number of aliphatic hydroxyl groups is 1. The molecule has 0 saturated heterocycles. The van der Waals surface area contributed by atoms with E-state index in [0.717, 1.165) is 5.56 Å². The molecule has 5 heteroatoms. The molecular formula is C13H15NO4. The lowest BCUT2D eigenvalue weighted by Crippen LogP contribution is -2.31. The van der Waals surface area contributed by atoms with Crippen LogP contribution >= 0.6 is 0 Å². The molecule has 1 atom stereocenters. The molecule has 0 spiro atoms. The van der Waals surface area contributed by atoms with E-state index in [9.17, 15) is 9.90 Å². The van der Waals surface area contributed by atoms with Crippen molar-refractivity contribution in [2.75, 3.05) is 14.2 Å². The number of aliphatic hydroxyl groups excluding tert-OH is 1. The molecule has 0 fully saturated rings. The molecule has 1 unspecified atom stereocenters. The number of ether oxygens (including phenoxy) is 2. The van der Waals surface area contributed by atoms with Gasteiger partial charge in [-0.25, -0.2) is 0 Å². The van der Waals surface area contributed by atoms with Crippen molar-refractivity contribution >= 4 is 5.91 Å². The zero-order chi connectivity index (χ0) is 13.1. The lowest BCUT2D eigenvalue weighted by Gasteiger charge is -2.22. The summed E-state index contributed by atoms with van der Waals surface area (Å²) >= 11 is 0. The molecule has 96 valence electrons. The van der Waals surface area contributed by atoms with Crippen molar-refractivity contribution in [1.82, 2.24) is 5.32 Å². The van der Waals surface area contributed by atoms with Crippen LogP contribution < -0.4 is 14.8 Å². The number of methoxy groups -OCH3 is 2. The van der Waals surface area contributed by atoms with Crippen LogP contribution in [0.5, 0.6) is 11.5 Å². The average molecular weight is 249 g/mol. The summed E-state index contributed by atoms with van der Waals surface area (Å²) in [5, 5.41) is 12.3. The minimum Gasteiger partial charge on any atom is -0.512 e. The zero-order valence-corrected chi connectivity index (χ0v) is 10.3. The summed E-state index contributed by atoms with van der Waals surface area (Å²) in [4.78, 5) is 11.3. The average Bonchev–Trinajstić information content (AvgIpc) is 2.36. The summed E-state index contributed by atoms with van der Waals surface area (Å²) in [7, 11) is 3.12. The summed E-state index contributed by atoms with van der Waals surface area (Å²) in [5.74, 6) is 1.01. The van der Waals surface area contributed by atoms with Crippen molar-refractivity contribution in [1.29, 1.82) is 0 Å². The van der Waals surface area contributed by atoms with Gasteiger partial charge in [0.2, 0.25) is 5.91 Å². The Kier molecular flexibility index (Phi) is 3.41. The lowest BCUT2D eigenvalue weighted by molar-refractivity contribution is -0.118. The van der Waals surface area contributed by atoms with Gasteiger partial charge in [0.05, 0.1) is 20.3 Å². The van der Waals surface area contributed by atoms with Gasteiger partial charge in [0.1, 0.15) is 5.76 Å². The minimum absolute atomic E-state index is 0.0820. The second kappa shape index (κ2) is 5.00.